The number of anilines is 1. The highest BCUT2D eigenvalue weighted by Crippen LogP contribution is 2.31. The Morgan fingerprint density at radius 3 is 2.49 bits per heavy atom. The molecule has 0 aliphatic rings. The fourth-order valence-electron chi connectivity index (χ4n) is 3.79. The van der Waals surface area contributed by atoms with Gasteiger partial charge in [0.1, 0.15) is 0 Å². The van der Waals surface area contributed by atoms with E-state index < -0.39 is 11.7 Å². The van der Waals surface area contributed by atoms with E-state index in [9.17, 15) is 18.0 Å². The van der Waals surface area contributed by atoms with Crippen LogP contribution in [0.2, 0.25) is 0 Å². The lowest BCUT2D eigenvalue weighted by atomic mass is 10.0. The van der Waals surface area contributed by atoms with Crippen LogP contribution >= 0.6 is 11.3 Å². The molecule has 35 heavy (non-hydrogen) atoms. The molecule has 0 aliphatic heterocycles. The summed E-state index contributed by atoms with van der Waals surface area (Å²) in [5, 5.41) is 3.92. The molecule has 2 heterocycles. The number of pyridine rings is 1. The van der Waals surface area contributed by atoms with Gasteiger partial charge in [-0.1, -0.05) is 66.7 Å². The third kappa shape index (κ3) is 5.07. The Labute approximate surface area is 203 Å². The zero-order valence-electron chi connectivity index (χ0n) is 18.2. The van der Waals surface area contributed by atoms with Crippen molar-refractivity contribution in [2.75, 3.05) is 5.32 Å². The molecule has 0 saturated heterocycles. The Kier molecular flexibility index (Phi) is 6.05. The first-order valence-electron chi connectivity index (χ1n) is 10.7. The van der Waals surface area contributed by atoms with Gasteiger partial charge in [-0.15, -0.1) is 11.3 Å². The summed E-state index contributed by atoms with van der Waals surface area (Å²) in [7, 11) is 0. The van der Waals surface area contributed by atoms with Gasteiger partial charge in [0.2, 0.25) is 0 Å². The molecule has 5 aromatic rings. The molecule has 4 nitrogen and oxygen atoms in total. The first-order valence-corrected chi connectivity index (χ1v) is 11.6. The lowest BCUT2D eigenvalue weighted by Gasteiger charge is -2.09. The Morgan fingerprint density at radius 2 is 1.69 bits per heavy atom. The summed E-state index contributed by atoms with van der Waals surface area (Å²) in [5.41, 5.74) is 2.57. The van der Waals surface area contributed by atoms with Crippen molar-refractivity contribution in [1.82, 2.24) is 9.97 Å². The molecule has 0 atom stereocenters. The summed E-state index contributed by atoms with van der Waals surface area (Å²) in [6.45, 7) is 0. The van der Waals surface area contributed by atoms with Crippen molar-refractivity contribution in [2.24, 2.45) is 0 Å². The number of nitrogens with zero attached hydrogens (tertiary/aromatic N) is 2. The predicted molar refractivity (Wildman–Crippen MR) is 131 cm³/mol. The summed E-state index contributed by atoms with van der Waals surface area (Å²) in [6.07, 6.45) is -2.54. The van der Waals surface area contributed by atoms with E-state index in [2.05, 4.69) is 10.3 Å². The number of para-hydroxylation sites is 1. The van der Waals surface area contributed by atoms with Crippen molar-refractivity contribution in [2.45, 2.75) is 12.6 Å². The highest BCUT2D eigenvalue weighted by molar-refractivity contribution is 7.15. The Balaban J connectivity index is 1.40. The van der Waals surface area contributed by atoms with Crippen LogP contribution in [0, 0.1) is 0 Å². The maximum absolute atomic E-state index is 13.2. The van der Waals surface area contributed by atoms with Gasteiger partial charge in [0.05, 0.1) is 22.3 Å². The van der Waals surface area contributed by atoms with E-state index >= 15 is 0 Å². The predicted octanol–water partition coefficient (Wildman–Crippen LogP) is 7.22. The largest absolute Gasteiger partial charge is 0.416 e. The summed E-state index contributed by atoms with van der Waals surface area (Å²) in [6, 6.07) is 24.0. The number of benzene rings is 3. The summed E-state index contributed by atoms with van der Waals surface area (Å²) < 4.78 is 39.0. The lowest BCUT2D eigenvalue weighted by Crippen LogP contribution is -2.12. The normalized spacial score (nSPS) is 11.5. The fourth-order valence-corrected chi connectivity index (χ4v) is 4.63. The number of fused-ring (bicyclic) bond motifs is 1. The van der Waals surface area contributed by atoms with Crippen molar-refractivity contribution >= 4 is 33.3 Å². The molecule has 0 fully saturated rings. The standard InChI is InChI=1S/C27H18F3N3OS/c28-27(29,30)19-10-6-7-17(13-19)14-20-16-31-26(35-20)33-25(34)22-15-24(18-8-2-1-3-9-18)32-23-12-5-4-11-21(22)23/h1-13,15-16H,14H2,(H,31,33,34). The quantitative estimate of drug-likeness (QED) is 0.284. The van der Waals surface area contributed by atoms with Gasteiger partial charge in [0, 0.05) is 28.4 Å². The number of aromatic nitrogens is 2. The molecule has 174 valence electrons. The first kappa shape index (κ1) is 22.7. The smallest absolute Gasteiger partial charge is 0.298 e. The Hall–Kier alpha value is -4.04. The van der Waals surface area contributed by atoms with Gasteiger partial charge in [0.25, 0.3) is 5.91 Å². The van der Waals surface area contributed by atoms with Crippen LogP contribution in [-0.2, 0) is 12.6 Å². The molecule has 8 heteroatoms. The van der Waals surface area contributed by atoms with Crippen molar-refractivity contribution < 1.29 is 18.0 Å². The Morgan fingerprint density at radius 1 is 0.914 bits per heavy atom. The van der Waals surface area contributed by atoms with Gasteiger partial charge in [-0.05, 0) is 23.8 Å². The van der Waals surface area contributed by atoms with E-state index in [0.717, 1.165) is 22.6 Å². The number of nitrogens with one attached hydrogen (secondary N) is 1. The van der Waals surface area contributed by atoms with Gasteiger partial charge < -0.3 is 0 Å². The molecular formula is C27H18F3N3OS. The molecule has 3 aromatic carbocycles. The van der Waals surface area contributed by atoms with Crippen molar-refractivity contribution in [1.29, 1.82) is 0 Å². The topological polar surface area (TPSA) is 54.9 Å². The number of alkyl halides is 3. The van der Waals surface area contributed by atoms with E-state index in [0.29, 0.717) is 32.9 Å². The number of thiazole rings is 1. The number of carbonyl (C=O) groups is 1. The van der Waals surface area contributed by atoms with Crippen LogP contribution in [0.4, 0.5) is 18.3 Å². The lowest BCUT2D eigenvalue weighted by molar-refractivity contribution is -0.137. The zero-order chi connectivity index (χ0) is 24.4. The third-order valence-electron chi connectivity index (χ3n) is 5.44. The fraction of sp³-hybridized carbons (Fsp3) is 0.0741. The zero-order valence-corrected chi connectivity index (χ0v) is 19.0. The molecule has 2 aromatic heterocycles. The van der Waals surface area contributed by atoms with E-state index in [1.807, 2.05) is 54.6 Å². The minimum absolute atomic E-state index is 0.286. The molecular weight excluding hydrogens is 471 g/mol. The van der Waals surface area contributed by atoms with Crippen LogP contribution < -0.4 is 5.32 Å². The number of amides is 1. The second-order valence-electron chi connectivity index (χ2n) is 7.90. The SMILES string of the molecule is O=C(Nc1ncc(Cc2cccc(C(F)(F)F)c2)s1)c1cc(-c2ccccc2)nc2ccccc12. The second-order valence-corrected chi connectivity index (χ2v) is 9.01. The van der Waals surface area contributed by atoms with E-state index in [1.165, 1.54) is 17.4 Å². The van der Waals surface area contributed by atoms with Gasteiger partial charge in [-0.3, -0.25) is 10.1 Å². The van der Waals surface area contributed by atoms with Crippen LogP contribution in [0.1, 0.15) is 26.4 Å². The molecule has 5 rings (SSSR count). The molecule has 1 amide bonds. The highest BCUT2D eigenvalue weighted by Gasteiger charge is 2.30. The minimum atomic E-state index is -4.39. The minimum Gasteiger partial charge on any atom is -0.298 e. The van der Waals surface area contributed by atoms with Crippen LogP contribution in [0.25, 0.3) is 22.2 Å². The number of hydrogen-bond acceptors (Lipinski definition) is 4. The summed E-state index contributed by atoms with van der Waals surface area (Å²) in [5.74, 6) is -0.333. The second kappa shape index (κ2) is 9.31. The van der Waals surface area contributed by atoms with Crippen molar-refractivity contribution in [3.8, 4) is 11.3 Å². The van der Waals surface area contributed by atoms with Crippen molar-refractivity contribution in [3.05, 3.63) is 113 Å². The Bertz CT molecular complexity index is 1510. The van der Waals surface area contributed by atoms with Gasteiger partial charge in [-0.2, -0.15) is 13.2 Å². The first-order chi connectivity index (χ1) is 16.9. The highest BCUT2D eigenvalue weighted by atomic mass is 32.1. The molecule has 0 unspecified atom stereocenters. The van der Waals surface area contributed by atoms with Gasteiger partial charge in [-0.25, -0.2) is 9.97 Å². The average Bonchev–Trinajstić information content (AvgIpc) is 3.30. The van der Waals surface area contributed by atoms with Gasteiger partial charge >= 0.3 is 6.18 Å². The third-order valence-corrected chi connectivity index (χ3v) is 6.35. The molecule has 1 N–H and O–H groups in total. The summed E-state index contributed by atoms with van der Waals surface area (Å²) >= 11 is 1.23. The van der Waals surface area contributed by atoms with E-state index in [-0.39, 0.29) is 12.3 Å². The van der Waals surface area contributed by atoms with Crippen LogP contribution in [0.15, 0.2) is 91.1 Å². The van der Waals surface area contributed by atoms with E-state index in [4.69, 9.17) is 4.98 Å². The maximum Gasteiger partial charge on any atom is 0.416 e. The number of rotatable bonds is 5. The molecule has 0 aliphatic carbocycles. The molecule has 0 bridgehead atoms. The number of halogens is 3. The van der Waals surface area contributed by atoms with Crippen LogP contribution in [-0.4, -0.2) is 15.9 Å². The summed E-state index contributed by atoms with van der Waals surface area (Å²) in [4.78, 5) is 22.9. The van der Waals surface area contributed by atoms with Crippen molar-refractivity contribution in [3.63, 3.8) is 0 Å². The molecule has 0 spiro atoms. The molecule has 0 radical (unpaired) electrons. The van der Waals surface area contributed by atoms with Crippen LogP contribution in [0.3, 0.4) is 0 Å². The van der Waals surface area contributed by atoms with Gasteiger partial charge in [0.15, 0.2) is 5.13 Å². The molecule has 0 saturated carbocycles. The average molecular weight is 490 g/mol. The van der Waals surface area contributed by atoms with E-state index in [1.54, 1.807) is 18.3 Å². The number of carbonyl (C=O) groups excluding carboxylic acids is 1. The number of hydrogen-bond donors (Lipinski definition) is 1. The van der Waals surface area contributed by atoms with Crippen LogP contribution in [0.5, 0.6) is 0 Å². The monoisotopic (exact) mass is 489 g/mol. The maximum atomic E-state index is 13.2.